The number of nitrogens with zero attached hydrogens (tertiary/aromatic N) is 2. The summed E-state index contributed by atoms with van der Waals surface area (Å²) in [5, 5.41) is 0. The summed E-state index contributed by atoms with van der Waals surface area (Å²) in [6.45, 7) is 3.61. The van der Waals surface area contributed by atoms with Gasteiger partial charge in [0.05, 0.1) is 0 Å². The molecule has 0 saturated heterocycles. The Morgan fingerprint density at radius 2 is 2.23 bits per heavy atom. The van der Waals surface area contributed by atoms with Gasteiger partial charge >= 0.3 is 0 Å². The maximum atomic E-state index is 11.4. The second-order valence-electron chi connectivity index (χ2n) is 2.88. The first-order valence-corrected chi connectivity index (χ1v) is 3.95. The van der Waals surface area contributed by atoms with Crippen LogP contribution in [0.1, 0.15) is 16.1 Å². The third kappa shape index (κ3) is 2.15. The van der Waals surface area contributed by atoms with E-state index in [0.29, 0.717) is 5.69 Å². The second-order valence-corrected chi connectivity index (χ2v) is 2.88. The number of hydrogen-bond acceptors (Lipinski definition) is 2. The zero-order valence-electron chi connectivity index (χ0n) is 7.82. The van der Waals surface area contributed by atoms with E-state index >= 15 is 0 Å². The zero-order valence-corrected chi connectivity index (χ0v) is 7.82. The lowest BCUT2D eigenvalue weighted by Gasteiger charge is -2.08. The Bertz CT molecular complexity index is 314. The van der Waals surface area contributed by atoms with Crippen molar-refractivity contribution in [3.8, 4) is 0 Å². The minimum Gasteiger partial charge on any atom is -0.343 e. The normalized spacial score (nSPS) is 9.38. The van der Waals surface area contributed by atoms with Gasteiger partial charge in [0.2, 0.25) is 0 Å². The molecule has 0 fully saturated rings. The first kappa shape index (κ1) is 9.45. The molecule has 1 heterocycles. The molecule has 0 saturated carbocycles. The Hall–Kier alpha value is -1.64. The molecule has 0 bridgehead atoms. The molecule has 0 N–H and O–H groups in total. The third-order valence-corrected chi connectivity index (χ3v) is 1.65. The van der Waals surface area contributed by atoms with Gasteiger partial charge in [-0.1, -0.05) is 18.7 Å². The molecule has 0 aliphatic rings. The quantitative estimate of drug-likeness (QED) is 0.683. The van der Waals surface area contributed by atoms with Gasteiger partial charge in [0, 0.05) is 20.3 Å². The highest BCUT2D eigenvalue weighted by Gasteiger charge is 2.07. The van der Waals surface area contributed by atoms with Crippen LogP contribution in [0, 0.1) is 0 Å². The number of hydrogen-bond donors (Lipinski definition) is 0. The van der Waals surface area contributed by atoms with E-state index in [-0.39, 0.29) is 5.91 Å². The lowest BCUT2D eigenvalue weighted by atomic mass is 10.2. The van der Waals surface area contributed by atoms with E-state index in [0.717, 1.165) is 5.56 Å². The fraction of sp³-hybridized carbons (Fsp3) is 0.200. The summed E-state index contributed by atoms with van der Waals surface area (Å²) in [5.41, 5.74) is 1.37. The molecule has 68 valence electrons. The van der Waals surface area contributed by atoms with Crippen LogP contribution in [0.15, 0.2) is 24.9 Å². The number of rotatable bonds is 2. The molecule has 1 amide bonds. The highest BCUT2D eigenvalue weighted by molar-refractivity contribution is 5.91. The minimum atomic E-state index is -0.0874. The molecule has 1 rings (SSSR count). The van der Waals surface area contributed by atoms with Crippen molar-refractivity contribution in [1.82, 2.24) is 9.88 Å². The number of carbonyl (C=O) groups excluding carboxylic acids is 1. The number of aromatic nitrogens is 1. The van der Waals surface area contributed by atoms with Crippen LogP contribution in [0.4, 0.5) is 0 Å². The van der Waals surface area contributed by atoms with E-state index in [4.69, 9.17) is 0 Å². The molecule has 0 atom stereocenters. The van der Waals surface area contributed by atoms with Crippen molar-refractivity contribution in [2.45, 2.75) is 0 Å². The largest absolute Gasteiger partial charge is 0.343 e. The Kier molecular flexibility index (Phi) is 2.80. The van der Waals surface area contributed by atoms with E-state index in [2.05, 4.69) is 11.6 Å². The number of amides is 1. The Balaban J connectivity index is 2.92. The fourth-order valence-corrected chi connectivity index (χ4v) is 0.882. The molecule has 0 spiro atoms. The standard InChI is InChI=1S/C10H12N2O/c1-4-8-5-6-9(11-7-8)10(13)12(2)3/h4-7H,1H2,2-3H3. The summed E-state index contributed by atoms with van der Waals surface area (Å²) >= 11 is 0. The summed E-state index contributed by atoms with van der Waals surface area (Å²) in [5.74, 6) is -0.0874. The topological polar surface area (TPSA) is 33.2 Å². The molecule has 3 heteroatoms. The van der Waals surface area contributed by atoms with Crippen molar-refractivity contribution in [2.24, 2.45) is 0 Å². The average molecular weight is 176 g/mol. The van der Waals surface area contributed by atoms with Crippen LogP contribution in [-0.2, 0) is 0 Å². The van der Waals surface area contributed by atoms with Gasteiger partial charge in [-0.25, -0.2) is 0 Å². The lowest BCUT2D eigenvalue weighted by molar-refractivity contribution is 0.0822. The smallest absolute Gasteiger partial charge is 0.271 e. The van der Waals surface area contributed by atoms with Gasteiger partial charge in [0.15, 0.2) is 0 Å². The second kappa shape index (κ2) is 3.85. The van der Waals surface area contributed by atoms with E-state index in [9.17, 15) is 4.79 Å². The first-order valence-electron chi connectivity index (χ1n) is 3.95. The summed E-state index contributed by atoms with van der Waals surface area (Å²) in [4.78, 5) is 16.9. The number of carbonyl (C=O) groups is 1. The minimum absolute atomic E-state index is 0.0874. The van der Waals surface area contributed by atoms with Gasteiger partial charge in [0.25, 0.3) is 5.91 Å². The van der Waals surface area contributed by atoms with E-state index < -0.39 is 0 Å². The predicted molar refractivity (Wildman–Crippen MR) is 52.3 cm³/mol. The maximum Gasteiger partial charge on any atom is 0.271 e. The van der Waals surface area contributed by atoms with Gasteiger partial charge in [-0.3, -0.25) is 9.78 Å². The summed E-state index contributed by atoms with van der Waals surface area (Å²) < 4.78 is 0. The zero-order chi connectivity index (χ0) is 9.84. The van der Waals surface area contributed by atoms with Crippen LogP contribution in [0.5, 0.6) is 0 Å². The van der Waals surface area contributed by atoms with Gasteiger partial charge in [-0.15, -0.1) is 0 Å². The molecule has 0 radical (unpaired) electrons. The summed E-state index contributed by atoms with van der Waals surface area (Å²) in [7, 11) is 3.40. The summed E-state index contributed by atoms with van der Waals surface area (Å²) in [6.07, 6.45) is 3.32. The van der Waals surface area contributed by atoms with E-state index in [1.807, 2.05) is 6.07 Å². The molecule has 1 aromatic heterocycles. The molecule has 0 aliphatic carbocycles. The van der Waals surface area contributed by atoms with Gasteiger partial charge in [-0.2, -0.15) is 0 Å². The van der Waals surface area contributed by atoms with Gasteiger partial charge < -0.3 is 4.90 Å². The van der Waals surface area contributed by atoms with Crippen LogP contribution < -0.4 is 0 Å². The molecule has 0 aliphatic heterocycles. The Morgan fingerprint density at radius 3 is 2.62 bits per heavy atom. The van der Waals surface area contributed by atoms with E-state index in [1.54, 1.807) is 32.4 Å². The molecule has 0 unspecified atom stereocenters. The Labute approximate surface area is 77.7 Å². The van der Waals surface area contributed by atoms with Gasteiger partial charge in [-0.05, 0) is 11.6 Å². The predicted octanol–water partition coefficient (Wildman–Crippen LogP) is 1.43. The van der Waals surface area contributed by atoms with E-state index in [1.165, 1.54) is 4.90 Å². The average Bonchev–Trinajstić information content (AvgIpc) is 2.17. The van der Waals surface area contributed by atoms with Crippen LogP contribution in [0.3, 0.4) is 0 Å². The van der Waals surface area contributed by atoms with Crippen molar-refractivity contribution in [3.05, 3.63) is 36.2 Å². The molecule has 3 nitrogen and oxygen atoms in total. The molecule has 1 aromatic rings. The number of pyridine rings is 1. The van der Waals surface area contributed by atoms with Crippen LogP contribution >= 0.6 is 0 Å². The molecular weight excluding hydrogens is 164 g/mol. The molecule has 13 heavy (non-hydrogen) atoms. The van der Waals surface area contributed by atoms with Crippen LogP contribution in [-0.4, -0.2) is 29.9 Å². The third-order valence-electron chi connectivity index (χ3n) is 1.65. The molecular formula is C10H12N2O. The SMILES string of the molecule is C=Cc1ccc(C(=O)N(C)C)nc1. The van der Waals surface area contributed by atoms with Crippen LogP contribution in [0.25, 0.3) is 6.08 Å². The molecule has 0 aromatic carbocycles. The van der Waals surface area contributed by atoms with Crippen molar-refractivity contribution in [1.29, 1.82) is 0 Å². The van der Waals surface area contributed by atoms with Crippen molar-refractivity contribution in [3.63, 3.8) is 0 Å². The fourth-order valence-electron chi connectivity index (χ4n) is 0.882. The summed E-state index contributed by atoms with van der Waals surface area (Å²) in [6, 6.07) is 3.51. The highest BCUT2D eigenvalue weighted by Crippen LogP contribution is 2.02. The van der Waals surface area contributed by atoms with Crippen molar-refractivity contribution >= 4 is 12.0 Å². The Morgan fingerprint density at radius 1 is 1.54 bits per heavy atom. The van der Waals surface area contributed by atoms with Crippen molar-refractivity contribution in [2.75, 3.05) is 14.1 Å². The highest BCUT2D eigenvalue weighted by atomic mass is 16.2. The maximum absolute atomic E-state index is 11.4. The lowest BCUT2D eigenvalue weighted by Crippen LogP contribution is -2.22. The van der Waals surface area contributed by atoms with Crippen LogP contribution in [0.2, 0.25) is 0 Å². The van der Waals surface area contributed by atoms with Crippen molar-refractivity contribution < 1.29 is 4.79 Å². The first-order chi connectivity index (χ1) is 6.15. The van der Waals surface area contributed by atoms with Gasteiger partial charge in [0.1, 0.15) is 5.69 Å². The monoisotopic (exact) mass is 176 g/mol.